The summed E-state index contributed by atoms with van der Waals surface area (Å²) in [7, 11) is 1.36. The number of carbonyl (C=O) groups is 1. The van der Waals surface area contributed by atoms with Gasteiger partial charge in [0.15, 0.2) is 6.10 Å². The third-order valence-corrected chi connectivity index (χ3v) is 2.66. The molecule has 0 radical (unpaired) electrons. The monoisotopic (exact) mass is 260 g/mol. The number of carbonyl (C=O) groups excluding carboxylic acids is 1. The van der Waals surface area contributed by atoms with Gasteiger partial charge in [0.1, 0.15) is 0 Å². The van der Waals surface area contributed by atoms with Crippen LogP contribution < -0.4 is 10.6 Å². The molecule has 18 heavy (non-hydrogen) atoms. The summed E-state index contributed by atoms with van der Waals surface area (Å²) >= 11 is 0. The highest BCUT2D eigenvalue weighted by molar-refractivity contribution is 5.99. The topological polar surface area (TPSA) is 50.4 Å². The van der Waals surface area contributed by atoms with Crippen molar-refractivity contribution in [2.75, 3.05) is 24.3 Å². The van der Waals surface area contributed by atoms with E-state index in [4.69, 9.17) is 4.74 Å². The minimum atomic E-state index is -4.44. The lowest BCUT2D eigenvalue weighted by atomic mass is 10.1. The number of halogens is 3. The summed E-state index contributed by atoms with van der Waals surface area (Å²) in [4.78, 5) is 11.6. The quantitative estimate of drug-likeness (QED) is 0.812. The second-order valence-electron chi connectivity index (χ2n) is 3.85. The Morgan fingerprint density at radius 3 is 2.67 bits per heavy atom. The molecule has 0 bridgehead atoms. The van der Waals surface area contributed by atoms with Gasteiger partial charge in [-0.3, -0.25) is 4.79 Å². The van der Waals surface area contributed by atoms with Crippen molar-refractivity contribution in [3.63, 3.8) is 0 Å². The Kier molecular flexibility index (Phi) is 3.16. The van der Waals surface area contributed by atoms with Crippen molar-refractivity contribution in [2.45, 2.75) is 12.3 Å². The van der Waals surface area contributed by atoms with Gasteiger partial charge in [-0.05, 0) is 18.2 Å². The van der Waals surface area contributed by atoms with Crippen LogP contribution in [0.15, 0.2) is 18.2 Å². The summed E-state index contributed by atoms with van der Waals surface area (Å²) in [6.07, 6.45) is -5.17. The molecule has 98 valence electrons. The highest BCUT2D eigenvalue weighted by Gasteiger charge is 2.32. The van der Waals surface area contributed by atoms with Crippen LogP contribution >= 0.6 is 0 Å². The SMILES string of the molecule is COC1CNc2ccc(C(F)(F)F)cc2NC1=O. The average Bonchev–Trinajstić information content (AvgIpc) is 2.45. The Morgan fingerprint density at radius 2 is 2.06 bits per heavy atom. The van der Waals surface area contributed by atoms with Crippen molar-refractivity contribution in [2.24, 2.45) is 0 Å². The average molecular weight is 260 g/mol. The number of hydrogen-bond acceptors (Lipinski definition) is 3. The molecule has 1 atom stereocenters. The van der Waals surface area contributed by atoms with Gasteiger partial charge in [-0.25, -0.2) is 0 Å². The fraction of sp³-hybridized carbons (Fsp3) is 0.364. The van der Waals surface area contributed by atoms with Crippen molar-refractivity contribution < 1.29 is 22.7 Å². The highest BCUT2D eigenvalue weighted by Crippen LogP contribution is 2.34. The van der Waals surface area contributed by atoms with Crippen LogP contribution in [0.4, 0.5) is 24.5 Å². The van der Waals surface area contributed by atoms with Crippen molar-refractivity contribution >= 4 is 17.3 Å². The lowest BCUT2D eigenvalue weighted by Gasteiger charge is -2.11. The fourth-order valence-corrected chi connectivity index (χ4v) is 1.68. The highest BCUT2D eigenvalue weighted by atomic mass is 19.4. The number of ether oxygens (including phenoxy) is 1. The third-order valence-electron chi connectivity index (χ3n) is 2.66. The van der Waals surface area contributed by atoms with E-state index in [0.29, 0.717) is 5.69 Å². The van der Waals surface area contributed by atoms with Crippen molar-refractivity contribution in [1.82, 2.24) is 0 Å². The van der Waals surface area contributed by atoms with E-state index in [1.54, 1.807) is 0 Å². The van der Waals surface area contributed by atoms with Gasteiger partial charge < -0.3 is 15.4 Å². The number of amides is 1. The summed E-state index contributed by atoms with van der Waals surface area (Å²) < 4.78 is 42.5. The molecule has 4 nitrogen and oxygen atoms in total. The number of fused-ring (bicyclic) bond motifs is 1. The van der Waals surface area contributed by atoms with E-state index in [9.17, 15) is 18.0 Å². The number of nitrogens with one attached hydrogen (secondary N) is 2. The van der Waals surface area contributed by atoms with Gasteiger partial charge in [-0.15, -0.1) is 0 Å². The smallest absolute Gasteiger partial charge is 0.380 e. The molecule has 1 unspecified atom stereocenters. The molecule has 1 amide bonds. The lowest BCUT2D eigenvalue weighted by Crippen LogP contribution is -2.32. The zero-order chi connectivity index (χ0) is 13.3. The second kappa shape index (κ2) is 4.49. The number of benzene rings is 1. The fourth-order valence-electron chi connectivity index (χ4n) is 1.68. The molecule has 2 rings (SSSR count). The van der Waals surface area contributed by atoms with Crippen LogP contribution in [0.2, 0.25) is 0 Å². The van der Waals surface area contributed by atoms with Gasteiger partial charge in [0.2, 0.25) is 0 Å². The van der Waals surface area contributed by atoms with E-state index in [-0.39, 0.29) is 12.2 Å². The van der Waals surface area contributed by atoms with Gasteiger partial charge in [0.05, 0.1) is 23.5 Å². The van der Waals surface area contributed by atoms with Gasteiger partial charge in [-0.2, -0.15) is 13.2 Å². The number of anilines is 2. The Hall–Kier alpha value is -1.76. The molecule has 2 N–H and O–H groups in total. The standard InChI is InChI=1S/C11H11F3N2O2/c1-18-9-5-15-7-3-2-6(11(12,13)14)4-8(7)16-10(9)17/h2-4,9,15H,5H2,1H3,(H,16,17). The van der Waals surface area contributed by atoms with Crippen LogP contribution in [0, 0.1) is 0 Å². The van der Waals surface area contributed by atoms with Crippen molar-refractivity contribution in [3.8, 4) is 0 Å². The maximum atomic E-state index is 12.5. The molecular formula is C11H11F3N2O2. The lowest BCUT2D eigenvalue weighted by molar-refractivity contribution is -0.137. The van der Waals surface area contributed by atoms with Gasteiger partial charge >= 0.3 is 6.18 Å². The van der Waals surface area contributed by atoms with Crippen molar-refractivity contribution in [1.29, 1.82) is 0 Å². The van der Waals surface area contributed by atoms with Crippen LogP contribution in [0.3, 0.4) is 0 Å². The van der Waals surface area contributed by atoms with E-state index in [2.05, 4.69) is 10.6 Å². The maximum Gasteiger partial charge on any atom is 0.416 e. The first-order chi connectivity index (χ1) is 8.41. The van der Waals surface area contributed by atoms with Gasteiger partial charge in [0.25, 0.3) is 5.91 Å². The molecule has 1 aliphatic heterocycles. The van der Waals surface area contributed by atoms with Crippen LogP contribution in [0.5, 0.6) is 0 Å². The summed E-state index contributed by atoms with van der Waals surface area (Å²) in [6, 6.07) is 3.15. The van der Waals surface area contributed by atoms with E-state index >= 15 is 0 Å². The Balaban J connectivity index is 2.35. The Labute approximate surface area is 101 Å². The molecule has 1 aromatic carbocycles. The molecule has 1 aromatic rings. The Morgan fingerprint density at radius 1 is 1.33 bits per heavy atom. The summed E-state index contributed by atoms with van der Waals surface area (Å²) in [5, 5.41) is 5.27. The molecule has 0 fully saturated rings. The van der Waals surface area contributed by atoms with E-state index < -0.39 is 23.8 Å². The first-order valence-electron chi connectivity index (χ1n) is 5.20. The molecule has 0 aliphatic carbocycles. The number of rotatable bonds is 1. The molecule has 1 heterocycles. The van der Waals surface area contributed by atoms with Crippen LogP contribution in [-0.2, 0) is 15.7 Å². The summed E-state index contributed by atoms with van der Waals surface area (Å²) in [5.41, 5.74) is -0.260. The third kappa shape index (κ3) is 2.40. The Bertz CT molecular complexity index is 474. The number of hydrogen-bond donors (Lipinski definition) is 2. The molecule has 0 saturated carbocycles. The summed E-state index contributed by atoms with van der Waals surface area (Å²) in [6.45, 7) is 0.209. The molecule has 0 aromatic heterocycles. The summed E-state index contributed by atoms with van der Waals surface area (Å²) in [5.74, 6) is -0.469. The molecule has 0 spiro atoms. The first kappa shape index (κ1) is 12.7. The molecular weight excluding hydrogens is 249 g/mol. The van der Waals surface area contributed by atoms with Crippen LogP contribution in [0.25, 0.3) is 0 Å². The van der Waals surface area contributed by atoms with Gasteiger partial charge in [0, 0.05) is 7.11 Å². The normalized spacial score (nSPS) is 19.6. The molecule has 1 aliphatic rings. The largest absolute Gasteiger partial charge is 0.416 e. The minimum absolute atomic E-state index is 0.106. The first-order valence-corrected chi connectivity index (χ1v) is 5.20. The maximum absolute atomic E-state index is 12.5. The van der Waals surface area contributed by atoms with Crippen molar-refractivity contribution in [3.05, 3.63) is 23.8 Å². The van der Waals surface area contributed by atoms with E-state index in [0.717, 1.165) is 12.1 Å². The van der Waals surface area contributed by atoms with Gasteiger partial charge in [-0.1, -0.05) is 0 Å². The predicted molar refractivity (Wildman–Crippen MR) is 59.4 cm³/mol. The number of alkyl halides is 3. The zero-order valence-corrected chi connectivity index (χ0v) is 9.47. The molecule has 0 saturated heterocycles. The second-order valence-corrected chi connectivity index (χ2v) is 3.85. The van der Waals surface area contributed by atoms with E-state index in [1.807, 2.05) is 0 Å². The van der Waals surface area contributed by atoms with E-state index in [1.165, 1.54) is 13.2 Å². The van der Waals surface area contributed by atoms with Crippen LogP contribution in [-0.4, -0.2) is 25.7 Å². The number of methoxy groups -OCH3 is 1. The zero-order valence-electron chi connectivity index (χ0n) is 9.47. The van der Waals surface area contributed by atoms with Crippen LogP contribution in [0.1, 0.15) is 5.56 Å². The minimum Gasteiger partial charge on any atom is -0.380 e. The predicted octanol–water partition coefficient (Wildman–Crippen LogP) is 2.08. The molecule has 7 heteroatoms.